The third-order valence-corrected chi connectivity index (χ3v) is 5.26. The Morgan fingerprint density at radius 1 is 1.06 bits per heavy atom. The first-order valence-electron chi connectivity index (χ1n) is 10.5. The second-order valence-electron chi connectivity index (χ2n) is 9.76. The van der Waals surface area contributed by atoms with Crippen LogP contribution in [-0.2, 0) is 25.5 Å². The summed E-state index contributed by atoms with van der Waals surface area (Å²) in [5, 5.41) is 2.83. The van der Waals surface area contributed by atoms with Crippen LogP contribution in [0.1, 0.15) is 59.9 Å². The molecular weight excluding hydrogens is 511 g/mol. The van der Waals surface area contributed by atoms with Crippen LogP contribution in [0.5, 0.6) is 0 Å². The molecule has 0 unspecified atom stereocenters. The van der Waals surface area contributed by atoms with Gasteiger partial charge in [0.25, 0.3) is 0 Å². The van der Waals surface area contributed by atoms with E-state index in [1.165, 1.54) is 4.90 Å². The van der Waals surface area contributed by atoms with Crippen molar-refractivity contribution in [3.63, 3.8) is 0 Å². The zero-order valence-corrected chi connectivity index (χ0v) is 21.3. The Kier molecular flexibility index (Phi) is 8.35. The molecule has 2 rings (SSSR count). The van der Waals surface area contributed by atoms with Crippen LogP contribution >= 0.6 is 22.6 Å². The monoisotopic (exact) mass is 544 g/mol. The van der Waals surface area contributed by atoms with E-state index >= 15 is 0 Å². The SMILES string of the molecule is CC(C)(C)OC(=O)[C@H](Cc1ccc(I)cc1)NC(=O)[C@@H]1CCCN1C(=O)OC(C)(C)C. The van der Waals surface area contributed by atoms with Gasteiger partial charge in [0.1, 0.15) is 23.3 Å². The van der Waals surface area contributed by atoms with E-state index in [1.54, 1.807) is 41.5 Å². The van der Waals surface area contributed by atoms with Crippen LogP contribution in [0.15, 0.2) is 24.3 Å². The van der Waals surface area contributed by atoms with Crippen LogP contribution in [-0.4, -0.2) is 52.7 Å². The van der Waals surface area contributed by atoms with Gasteiger partial charge in [0.2, 0.25) is 5.91 Å². The molecule has 7 nitrogen and oxygen atoms in total. The molecule has 1 aromatic rings. The van der Waals surface area contributed by atoms with Gasteiger partial charge in [0, 0.05) is 16.5 Å². The number of hydrogen-bond donors (Lipinski definition) is 1. The molecular formula is C23H33IN2O5. The minimum absolute atomic E-state index is 0.302. The maximum Gasteiger partial charge on any atom is 0.410 e. The Bertz CT molecular complexity index is 796. The minimum atomic E-state index is -0.854. The fraction of sp³-hybridized carbons (Fsp3) is 0.609. The Labute approximate surface area is 198 Å². The summed E-state index contributed by atoms with van der Waals surface area (Å²) >= 11 is 2.21. The molecule has 0 radical (unpaired) electrons. The molecule has 1 saturated heterocycles. The van der Waals surface area contributed by atoms with Gasteiger partial charge in [-0.05, 0) is 94.7 Å². The summed E-state index contributed by atoms with van der Waals surface area (Å²) in [4.78, 5) is 39.9. The van der Waals surface area contributed by atoms with E-state index in [0.29, 0.717) is 25.8 Å². The number of esters is 1. The van der Waals surface area contributed by atoms with Gasteiger partial charge in [-0.25, -0.2) is 9.59 Å². The maximum atomic E-state index is 13.1. The predicted octanol–water partition coefficient (Wildman–Crippen LogP) is 4.06. The summed E-state index contributed by atoms with van der Waals surface area (Å²) in [5.74, 6) is -0.869. The molecule has 0 aliphatic carbocycles. The third kappa shape index (κ3) is 8.31. The van der Waals surface area contributed by atoms with E-state index in [2.05, 4.69) is 27.9 Å². The highest BCUT2D eigenvalue weighted by Crippen LogP contribution is 2.22. The Balaban J connectivity index is 2.16. The third-order valence-electron chi connectivity index (χ3n) is 4.54. The molecule has 31 heavy (non-hydrogen) atoms. The summed E-state index contributed by atoms with van der Waals surface area (Å²) in [6.07, 6.45) is 1.01. The summed E-state index contributed by atoms with van der Waals surface area (Å²) in [7, 11) is 0. The van der Waals surface area contributed by atoms with Crippen LogP contribution in [0.2, 0.25) is 0 Å². The van der Waals surface area contributed by atoms with Crippen molar-refractivity contribution < 1.29 is 23.9 Å². The lowest BCUT2D eigenvalue weighted by atomic mass is 10.0. The molecule has 1 aromatic carbocycles. The lowest BCUT2D eigenvalue weighted by molar-refractivity contribution is -0.158. The number of halogens is 1. The number of benzene rings is 1. The Hall–Kier alpha value is -1.84. The van der Waals surface area contributed by atoms with Crippen LogP contribution in [0.4, 0.5) is 4.79 Å². The second kappa shape index (κ2) is 10.2. The number of rotatable bonds is 5. The minimum Gasteiger partial charge on any atom is -0.458 e. The van der Waals surface area contributed by atoms with E-state index < -0.39 is 35.3 Å². The van der Waals surface area contributed by atoms with Crippen LogP contribution in [0, 0.1) is 3.57 Å². The quantitative estimate of drug-likeness (QED) is 0.447. The highest BCUT2D eigenvalue weighted by atomic mass is 127. The molecule has 172 valence electrons. The molecule has 0 bridgehead atoms. The topological polar surface area (TPSA) is 84.9 Å². The lowest BCUT2D eigenvalue weighted by Crippen LogP contribution is -2.53. The number of carbonyl (C=O) groups excluding carboxylic acids is 3. The molecule has 0 spiro atoms. The first-order chi connectivity index (χ1) is 14.2. The number of likely N-dealkylation sites (tertiary alicyclic amines) is 1. The number of nitrogens with one attached hydrogen (secondary N) is 1. The summed E-state index contributed by atoms with van der Waals surface area (Å²) in [6, 6.07) is 6.22. The standard InChI is InChI=1S/C23H33IN2O5/c1-22(2,3)30-20(28)17(14-15-9-11-16(24)12-10-15)25-19(27)18-8-7-13-26(18)21(29)31-23(4,5)6/h9-12,17-18H,7-8,13-14H2,1-6H3,(H,25,27)/t17-,18-/m0/s1. The van der Waals surface area contributed by atoms with Gasteiger partial charge in [0.05, 0.1) is 0 Å². The normalized spacial score (nSPS) is 17.8. The van der Waals surface area contributed by atoms with E-state index in [1.807, 2.05) is 24.3 Å². The highest BCUT2D eigenvalue weighted by molar-refractivity contribution is 14.1. The van der Waals surface area contributed by atoms with Crippen molar-refractivity contribution in [2.24, 2.45) is 0 Å². The number of ether oxygens (including phenoxy) is 2. The molecule has 1 aliphatic heterocycles. The average molecular weight is 544 g/mol. The Morgan fingerprint density at radius 2 is 1.65 bits per heavy atom. The Morgan fingerprint density at radius 3 is 2.19 bits per heavy atom. The number of carbonyl (C=O) groups is 3. The molecule has 1 heterocycles. The maximum absolute atomic E-state index is 13.1. The van der Waals surface area contributed by atoms with E-state index in [4.69, 9.17) is 9.47 Å². The molecule has 1 aliphatic rings. The number of nitrogens with zero attached hydrogens (tertiary/aromatic N) is 1. The lowest BCUT2D eigenvalue weighted by Gasteiger charge is -2.29. The van der Waals surface area contributed by atoms with Crippen molar-refractivity contribution in [2.75, 3.05) is 6.54 Å². The zero-order chi connectivity index (χ0) is 23.4. The van der Waals surface area contributed by atoms with Gasteiger partial charge in [-0.1, -0.05) is 12.1 Å². The number of hydrogen-bond acceptors (Lipinski definition) is 5. The highest BCUT2D eigenvalue weighted by Gasteiger charge is 2.38. The van der Waals surface area contributed by atoms with Crippen molar-refractivity contribution in [1.82, 2.24) is 10.2 Å². The van der Waals surface area contributed by atoms with Gasteiger partial charge < -0.3 is 14.8 Å². The predicted molar refractivity (Wildman–Crippen MR) is 127 cm³/mol. The largest absolute Gasteiger partial charge is 0.458 e. The summed E-state index contributed by atoms with van der Waals surface area (Å²) in [5.41, 5.74) is -0.418. The molecule has 8 heteroatoms. The second-order valence-corrected chi connectivity index (χ2v) is 11.0. The summed E-state index contributed by atoms with van der Waals surface area (Å²) < 4.78 is 12.1. The van der Waals surface area contributed by atoms with Gasteiger partial charge in [0.15, 0.2) is 0 Å². The van der Waals surface area contributed by atoms with Gasteiger partial charge in [-0.2, -0.15) is 0 Å². The first kappa shape index (κ1) is 25.4. The molecule has 1 N–H and O–H groups in total. The summed E-state index contributed by atoms with van der Waals surface area (Å²) in [6.45, 7) is 11.2. The first-order valence-corrected chi connectivity index (χ1v) is 11.6. The molecule has 2 amide bonds. The van der Waals surface area contributed by atoms with Crippen molar-refractivity contribution >= 4 is 40.6 Å². The molecule has 0 aromatic heterocycles. The van der Waals surface area contributed by atoms with Crippen molar-refractivity contribution in [3.8, 4) is 0 Å². The zero-order valence-electron chi connectivity index (χ0n) is 19.2. The van der Waals surface area contributed by atoms with Crippen LogP contribution < -0.4 is 5.32 Å². The van der Waals surface area contributed by atoms with Crippen molar-refractivity contribution in [3.05, 3.63) is 33.4 Å². The van der Waals surface area contributed by atoms with Crippen LogP contribution in [0.3, 0.4) is 0 Å². The fourth-order valence-corrected chi connectivity index (χ4v) is 3.63. The van der Waals surface area contributed by atoms with Gasteiger partial charge in [-0.15, -0.1) is 0 Å². The van der Waals surface area contributed by atoms with Gasteiger partial charge >= 0.3 is 12.1 Å². The van der Waals surface area contributed by atoms with Gasteiger partial charge in [-0.3, -0.25) is 9.69 Å². The van der Waals surface area contributed by atoms with E-state index in [9.17, 15) is 14.4 Å². The molecule has 1 fully saturated rings. The van der Waals surface area contributed by atoms with E-state index in [0.717, 1.165) is 9.13 Å². The van der Waals surface area contributed by atoms with Crippen molar-refractivity contribution in [1.29, 1.82) is 0 Å². The fourth-order valence-electron chi connectivity index (χ4n) is 3.27. The molecule has 2 atom stereocenters. The average Bonchev–Trinajstić information content (AvgIpc) is 3.10. The van der Waals surface area contributed by atoms with E-state index in [-0.39, 0.29) is 5.91 Å². The smallest absolute Gasteiger partial charge is 0.410 e. The van der Waals surface area contributed by atoms with Crippen molar-refractivity contribution in [2.45, 2.75) is 84.1 Å². The molecule has 0 saturated carbocycles. The van der Waals surface area contributed by atoms with Crippen LogP contribution in [0.25, 0.3) is 0 Å². The number of amides is 2.